The summed E-state index contributed by atoms with van der Waals surface area (Å²) in [6.07, 6.45) is -4.78. The first-order valence-electron chi connectivity index (χ1n) is 8.69. The Balaban J connectivity index is 1.54. The van der Waals surface area contributed by atoms with E-state index in [2.05, 4.69) is 25.7 Å². The third-order valence-electron chi connectivity index (χ3n) is 4.34. The average molecular weight is 431 g/mol. The van der Waals surface area contributed by atoms with E-state index in [9.17, 15) is 22.8 Å². The molecule has 0 unspecified atom stereocenters. The zero-order valence-corrected chi connectivity index (χ0v) is 16.5. The van der Waals surface area contributed by atoms with Gasteiger partial charge in [-0.25, -0.2) is 4.98 Å². The maximum atomic E-state index is 12.3. The molecule has 0 radical (unpaired) electrons. The summed E-state index contributed by atoms with van der Waals surface area (Å²) < 4.78 is 41.3. The summed E-state index contributed by atoms with van der Waals surface area (Å²) in [4.78, 5) is 29.8. The van der Waals surface area contributed by atoms with E-state index < -0.39 is 12.3 Å². The number of hydrogen-bond donors (Lipinski definition) is 3. The Hall–Kier alpha value is -2.44. The third kappa shape index (κ3) is 5.78. The Bertz CT molecular complexity index is 913. The molecule has 1 aromatic carbocycles. The highest BCUT2D eigenvalue weighted by Gasteiger charge is 2.32. The number of ether oxygens (including phenoxy) is 1. The quantitative estimate of drug-likeness (QED) is 0.616. The number of thiazole rings is 1. The van der Waals surface area contributed by atoms with E-state index in [0.717, 1.165) is 30.5 Å². The first kappa shape index (κ1) is 21.3. The lowest BCUT2D eigenvalue weighted by Crippen LogP contribution is -2.66. The first-order valence-corrected chi connectivity index (χ1v) is 9.51. The molecule has 2 amide bonds. The van der Waals surface area contributed by atoms with E-state index in [1.54, 1.807) is 0 Å². The highest BCUT2D eigenvalue weighted by atomic mass is 32.1. The van der Waals surface area contributed by atoms with Gasteiger partial charge in [-0.05, 0) is 19.1 Å². The van der Waals surface area contributed by atoms with E-state index >= 15 is 0 Å². The van der Waals surface area contributed by atoms with Gasteiger partial charge in [-0.2, -0.15) is 0 Å². The number of fused-ring (bicyclic) bond motifs is 1. The minimum absolute atomic E-state index is 0.116. The van der Waals surface area contributed by atoms with Crippen molar-refractivity contribution in [1.82, 2.24) is 20.5 Å². The molecule has 1 fully saturated rings. The van der Waals surface area contributed by atoms with Crippen molar-refractivity contribution in [2.24, 2.45) is 0 Å². The summed E-state index contributed by atoms with van der Waals surface area (Å²) in [6, 6.07) is 3.73. The van der Waals surface area contributed by atoms with Crippen molar-refractivity contribution in [3.05, 3.63) is 18.2 Å². The first-order chi connectivity index (χ1) is 13.5. The largest absolute Gasteiger partial charge is 0.573 e. The van der Waals surface area contributed by atoms with Gasteiger partial charge in [-0.3, -0.25) is 9.59 Å². The van der Waals surface area contributed by atoms with Crippen molar-refractivity contribution in [1.29, 1.82) is 0 Å². The fourth-order valence-corrected chi connectivity index (χ4v) is 3.58. The molecule has 12 heteroatoms. The molecule has 1 aromatic heterocycles. The maximum absolute atomic E-state index is 12.3. The van der Waals surface area contributed by atoms with Gasteiger partial charge in [0.1, 0.15) is 5.75 Å². The topological polar surface area (TPSA) is 95.6 Å². The zero-order valence-electron chi connectivity index (χ0n) is 15.7. The number of hydrogen-bond acceptors (Lipinski definition) is 7. The van der Waals surface area contributed by atoms with Gasteiger partial charge >= 0.3 is 6.36 Å². The van der Waals surface area contributed by atoms with Crippen LogP contribution < -0.4 is 20.7 Å². The van der Waals surface area contributed by atoms with Crippen LogP contribution in [0.3, 0.4) is 0 Å². The van der Waals surface area contributed by atoms with Gasteiger partial charge in [0.05, 0.1) is 23.3 Å². The fourth-order valence-electron chi connectivity index (χ4n) is 2.67. The van der Waals surface area contributed by atoms with Crippen LogP contribution in [0.4, 0.5) is 18.3 Å². The number of nitrogens with zero attached hydrogens (tertiary/aromatic N) is 2. The van der Waals surface area contributed by atoms with Gasteiger partial charge < -0.3 is 25.6 Å². The number of carbonyl (C=O) groups is 2. The van der Waals surface area contributed by atoms with E-state index in [1.165, 1.54) is 24.1 Å². The fraction of sp³-hybridized carbons (Fsp3) is 0.471. The van der Waals surface area contributed by atoms with Crippen LogP contribution in [-0.4, -0.2) is 66.8 Å². The number of halogens is 3. The molecule has 0 aliphatic carbocycles. The summed E-state index contributed by atoms with van der Waals surface area (Å²) >= 11 is 1.01. The molecule has 2 aromatic rings. The second-order valence-electron chi connectivity index (χ2n) is 7.01. The van der Waals surface area contributed by atoms with E-state index in [4.69, 9.17) is 0 Å². The van der Waals surface area contributed by atoms with Crippen LogP contribution in [0.5, 0.6) is 5.75 Å². The lowest BCUT2D eigenvalue weighted by atomic mass is 9.95. The summed E-state index contributed by atoms with van der Waals surface area (Å²) in [5.74, 6) is -1.05. The van der Waals surface area contributed by atoms with Crippen LogP contribution in [0, 0.1) is 0 Å². The Morgan fingerprint density at radius 2 is 2.10 bits per heavy atom. The summed E-state index contributed by atoms with van der Waals surface area (Å²) in [6.45, 7) is 3.50. The van der Waals surface area contributed by atoms with Crippen LogP contribution >= 0.6 is 11.3 Å². The zero-order chi connectivity index (χ0) is 21.2. The number of aromatic nitrogens is 1. The summed E-state index contributed by atoms with van der Waals surface area (Å²) in [5.41, 5.74) is 0.310. The molecule has 8 nitrogen and oxygen atoms in total. The highest BCUT2D eigenvalue weighted by molar-refractivity contribution is 7.22. The van der Waals surface area contributed by atoms with Gasteiger partial charge in [0.25, 0.3) is 0 Å². The van der Waals surface area contributed by atoms with Crippen molar-refractivity contribution in [3.63, 3.8) is 0 Å². The van der Waals surface area contributed by atoms with Gasteiger partial charge in [0.15, 0.2) is 5.13 Å². The number of nitrogens with one attached hydrogen (secondary N) is 3. The molecule has 158 valence electrons. The van der Waals surface area contributed by atoms with Crippen LogP contribution in [0.1, 0.15) is 6.92 Å². The summed E-state index contributed by atoms with van der Waals surface area (Å²) in [5, 5.41) is 9.05. The van der Waals surface area contributed by atoms with Gasteiger partial charge in [-0.1, -0.05) is 11.3 Å². The standard InChI is InChI=1S/C17H20F3N5O3S/c1-16(8-21-9-16)22-6-14(27)25(2)7-13(26)24-15-23-11-4-3-10(5-12(11)29-15)28-17(18,19)20/h3-5,21-22H,6-9H2,1-2H3,(H,23,24,26). The molecule has 1 aliphatic rings. The Morgan fingerprint density at radius 3 is 2.72 bits per heavy atom. The van der Waals surface area contributed by atoms with Crippen LogP contribution in [0.2, 0.25) is 0 Å². The number of rotatable bonds is 7. The number of likely N-dealkylation sites (N-methyl/N-ethyl adjacent to an activating group) is 1. The predicted molar refractivity (Wildman–Crippen MR) is 102 cm³/mol. The maximum Gasteiger partial charge on any atom is 0.573 e. The van der Waals surface area contributed by atoms with Crippen molar-refractivity contribution >= 4 is 38.5 Å². The molecule has 0 spiro atoms. The minimum Gasteiger partial charge on any atom is -0.406 e. The smallest absolute Gasteiger partial charge is 0.406 e. The average Bonchev–Trinajstić information content (AvgIpc) is 2.97. The number of alkyl halides is 3. The summed E-state index contributed by atoms with van der Waals surface area (Å²) in [7, 11) is 1.52. The van der Waals surface area contributed by atoms with Crippen molar-refractivity contribution in [2.45, 2.75) is 18.8 Å². The minimum atomic E-state index is -4.78. The van der Waals surface area contributed by atoms with E-state index in [1.807, 2.05) is 6.92 Å². The molecule has 0 atom stereocenters. The monoisotopic (exact) mass is 431 g/mol. The van der Waals surface area contributed by atoms with Crippen LogP contribution in [0.25, 0.3) is 10.2 Å². The molecule has 3 rings (SSSR count). The second kappa shape index (κ2) is 8.13. The Labute approximate surface area is 168 Å². The molecule has 29 heavy (non-hydrogen) atoms. The molecule has 1 saturated heterocycles. The molecular formula is C17H20F3N5O3S. The molecule has 1 aliphatic heterocycles. The van der Waals surface area contributed by atoms with Crippen LogP contribution in [-0.2, 0) is 9.59 Å². The van der Waals surface area contributed by atoms with Gasteiger partial charge in [0, 0.05) is 31.7 Å². The molecule has 0 bridgehead atoms. The Morgan fingerprint density at radius 1 is 1.38 bits per heavy atom. The SMILES string of the molecule is CN(CC(=O)Nc1nc2ccc(OC(F)(F)F)cc2s1)C(=O)CNC1(C)CNC1. The molecule has 3 N–H and O–H groups in total. The lowest BCUT2D eigenvalue weighted by Gasteiger charge is -2.40. The van der Waals surface area contributed by atoms with Crippen molar-refractivity contribution in [3.8, 4) is 5.75 Å². The second-order valence-corrected chi connectivity index (χ2v) is 8.04. The van der Waals surface area contributed by atoms with E-state index in [-0.39, 0.29) is 35.4 Å². The number of carbonyl (C=O) groups excluding carboxylic acids is 2. The van der Waals surface area contributed by atoms with Crippen LogP contribution in [0.15, 0.2) is 18.2 Å². The molecular weight excluding hydrogens is 411 g/mol. The molecule has 2 heterocycles. The normalized spacial score (nSPS) is 15.6. The number of amides is 2. The Kier molecular flexibility index (Phi) is 5.96. The van der Waals surface area contributed by atoms with Gasteiger partial charge in [-0.15, -0.1) is 13.2 Å². The third-order valence-corrected chi connectivity index (χ3v) is 5.28. The van der Waals surface area contributed by atoms with Crippen molar-refractivity contribution in [2.75, 3.05) is 38.5 Å². The predicted octanol–water partition coefficient (Wildman–Crippen LogP) is 1.54. The van der Waals surface area contributed by atoms with Gasteiger partial charge in [0.2, 0.25) is 11.8 Å². The molecule has 0 saturated carbocycles. The lowest BCUT2D eigenvalue weighted by molar-refractivity contribution is -0.274. The number of anilines is 1. The number of benzene rings is 1. The van der Waals surface area contributed by atoms with Crippen molar-refractivity contribution < 1.29 is 27.5 Å². The highest BCUT2D eigenvalue weighted by Crippen LogP contribution is 2.31. The van der Waals surface area contributed by atoms with E-state index in [0.29, 0.717) is 10.2 Å².